The van der Waals surface area contributed by atoms with Crippen LogP contribution < -0.4 is 5.32 Å². The van der Waals surface area contributed by atoms with Crippen LogP contribution in [0.15, 0.2) is 51.7 Å². The number of likely N-dealkylation sites (N-methyl/N-ethyl adjacent to an activating group) is 1. The number of nitrogens with one attached hydrogen (secondary N) is 1. The van der Waals surface area contributed by atoms with Gasteiger partial charge in [-0.05, 0) is 23.6 Å². The van der Waals surface area contributed by atoms with Crippen LogP contribution in [0, 0.1) is 0 Å². The van der Waals surface area contributed by atoms with E-state index < -0.39 is 0 Å². The second-order valence-corrected chi connectivity index (χ2v) is 5.53. The van der Waals surface area contributed by atoms with Crippen LogP contribution in [0.2, 0.25) is 0 Å². The first-order valence-electron chi connectivity index (χ1n) is 7.00. The molecule has 0 aliphatic heterocycles. The molecule has 1 atom stereocenters. The van der Waals surface area contributed by atoms with Gasteiger partial charge in [-0.2, -0.15) is 16.3 Å². The highest BCUT2D eigenvalue weighted by molar-refractivity contribution is 7.08. The second-order valence-electron chi connectivity index (χ2n) is 4.75. The summed E-state index contributed by atoms with van der Waals surface area (Å²) >= 11 is 1.63. The lowest BCUT2D eigenvalue weighted by atomic mass is 10.0. The molecule has 0 saturated heterocycles. The number of nitrogens with zero attached hydrogens (tertiary/aromatic N) is 2. The van der Waals surface area contributed by atoms with Crippen LogP contribution in [-0.2, 0) is 6.42 Å². The van der Waals surface area contributed by atoms with Gasteiger partial charge in [0.15, 0.2) is 0 Å². The lowest BCUT2D eigenvalue weighted by Gasteiger charge is -2.16. The van der Waals surface area contributed by atoms with Gasteiger partial charge in [0.2, 0.25) is 11.7 Å². The van der Waals surface area contributed by atoms with E-state index in [4.69, 9.17) is 4.52 Å². The lowest BCUT2D eigenvalue weighted by Crippen LogP contribution is -2.23. The van der Waals surface area contributed by atoms with Crippen LogP contribution in [0.5, 0.6) is 0 Å². The van der Waals surface area contributed by atoms with Gasteiger partial charge < -0.3 is 9.84 Å². The molecule has 4 nitrogen and oxygen atoms in total. The summed E-state index contributed by atoms with van der Waals surface area (Å²) in [5.74, 6) is 1.32. The number of hydrogen-bond donors (Lipinski definition) is 1. The van der Waals surface area contributed by atoms with Crippen LogP contribution >= 0.6 is 11.3 Å². The quantitative estimate of drug-likeness (QED) is 0.754. The third kappa shape index (κ3) is 3.37. The van der Waals surface area contributed by atoms with Gasteiger partial charge in [-0.1, -0.05) is 42.4 Å². The van der Waals surface area contributed by atoms with E-state index in [1.807, 2.05) is 35.0 Å². The minimum atomic E-state index is 0.187. The molecule has 2 heterocycles. The van der Waals surface area contributed by atoms with E-state index in [9.17, 15) is 0 Å². The minimum Gasteiger partial charge on any atom is -0.339 e. The fraction of sp³-hybridized carbons (Fsp3) is 0.250. The normalized spacial score (nSPS) is 12.4. The molecule has 0 saturated carbocycles. The van der Waals surface area contributed by atoms with Crippen LogP contribution in [0.4, 0.5) is 0 Å². The average Bonchev–Trinajstić information content (AvgIpc) is 3.19. The van der Waals surface area contributed by atoms with Crippen molar-refractivity contribution in [2.24, 2.45) is 0 Å². The predicted molar refractivity (Wildman–Crippen MR) is 84.2 cm³/mol. The Kier molecular flexibility index (Phi) is 4.43. The van der Waals surface area contributed by atoms with E-state index >= 15 is 0 Å². The molecule has 2 aromatic heterocycles. The molecule has 3 aromatic rings. The van der Waals surface area contributed by atoms with Crippen molar-refractivity contribution in [3.8, 4) is 11.4 Å². The maximum atomic E-state index is 5.39. The number of thiophene rings is 1. The van der Waals surface area contributed by atoms with Gasteiger partial charge in [0.1, 0.15) is 0 Å². The number of benzene rings is 1. The standard InChI is InChI=1S/C16H17N3OS/c1-2-17-14(12-6-4-3-5-7-12)10-15-18-16(19-20-15)13-8-9-21-11-13/h3-9,11,14,17H,2,10H2,1H3. The number of hydrogen-bond acceptors (Lipinski definition) is 5. The molecule has 0 bridgehead atoms. The third-order valence-corrected chi connectivity index (χ3v) is 3.96. The molecule has 0 aliphatic carbocycles. The average molecular weight is 299 g/mol. The first-order chi connectivity index (χ1) is 10.4. The Morgan fingerprint density at radius 2 is 2.10 bits per heavy atom. The van der Waals surface area contributed by atoms with Gasteiger partial charge in [0.05, 0.1) is 0 Å². The van der Waals surface area contributed by atoms with Crippen molar-refractivity contribution in [3.63, 3.8) is 0 Å². The first kappa shape index (κ1) is 14.0. The molecule has 1 unspecified atom stereocenters. The summed E-state index contributed by atoms with van der Waals surface area (Å²) in [7, 11) is 0. The van der Waals surface area contributed by atoms with E-state index in [1.54, 1.807) is 11.3 Å². The molecule has 1 aromatic carbocycles. The summed E-state index contributed by atoms with van der Waals surface area (Å²) in [4.78, 5) is 4.49. The SMILES string of the molecule is CCNC(Cc1nc(-c2ccsc2)no1)c1ccccc1. The summed E-state index contributed by atoms with van der Waals surface area (Å²) in [5.41, 5.74) is 2.24. The van der Waals surface area contributed by atoms with Crippen molar-refractivity contribution in [2.75, 3.05) is 6.54 Å². The fourth-order valence-corrected chi connectivity index (χ4v) is 2.90. The van der Waals surface area contributed by atoms with E-state index in [0.717, 1.165) is 12.1 Å². The lowest BCUT2D eigenvalue weighted by molar-refractivity contribution is 0.360. The third-order valence-electron chi connectivity index (χ3n) is 3.28. The zero-order valence-electron chi connectivity index (χ0n) is 11.8. The Hall–Kier alpha value is -1.98. The smallest absolute Gasteiger partial charge is 0.228 e. The molecular formula is C16H17N3OS. The summed E-state index contributed by atoms with van der Waals surface area (Å²) in [6, 6.07) is 12.5. The van der Waals surface area contributed by atoms with Gasteiger partial charge in [-0.3, -0.25) is 0 Å². The summed E-state index contributed by atoms with van der Waals surface area (Å²) in [6.45, 7) is 2.99. The van der Waals surface area contributed by atoms with Crippen LogP contribution in [0.3, 0.4) is 0 Å². The van der Waals surface area contributed by atoms with Gasteiger partial charge in [-0.15, -0.1) is 0 Å². The molecule has 3 rings (SSSR count). The largest absolute Gasteiger partial charge is 0.339 e. The molecular weight excluding hydrogens is 282 g/mol. The van der Waals surface area contributed by atoms with Crippen molar-refractivity contribution < 1.29 is 4.52 Å². The number of aromatic nitrogens is 2. The number of rotatable bonds is 6. The Balaban J connectivity index is 1.77. The molecule has 21 heavy (non-hydrogen) atoms. The molecule has 0 amide bonds. The molecule has 0 fully saturated rings. The maximum Gasteiger partial charge on any atom is 0.228 e. The van der Waals surface area contributed by atoms with Crippen molar-refractivity contribution in [1.82, 2.24) is 15.5 Å². The second kappa shape index (κ2) is 6.65. The zero-order valence-corrected chi connectivity index (χ0v) is 12.6. The summed E-state index contributed by atoms with van der Waals surface area (Å²) < 4.78 is 5.39. The van der Waals surface area contributed by atoms with Crippen molar-refractivity contribution in [3.05, 3.63) is 58.6 Å². The van der Waals surface area contributed by atoms with Crippen LogP contribution in [-0.4, -0.2) is 16.7 Å². The van der Waals surface area contributed by atoms with E-state index in [-0.39, 0.29) is 6.04 Å². The molecule has 5 heteroatoms. The van der Waals surface area contributed by atoms with Crippen molar-refractivity contribution in [1.29, 1.82) is 0 Å². The Morgan fingerprint density at radius 1 is 1.24 bits per heavy atom. The predicted octanol–water partition coefficient (Wildman–Crippen LogP) is 3.69. The Labute approximate surface area is 127 Å². The van der Waals surface area contributed by atoms with Gasteiger partial charge in [0, 0.05) is 23.4 Å². The summed E-state index contributed by atoms with van der Waals surface area (Å²) in [5, 5.41) is 11.6. The highest BCUT2D eigenvalue weighted by Gasteiger charge is 2.16. The van der Waals surface area contributed by atoms with Gasteiger partial charge in [0.25, 0.3) is 0 Å². The molecule has 108 valence electrons. The van der Waals surface area contributed by atoms with E-state index in [0.29, 0.717) is 18.1 Å². The Bertz CT molecular complexity index is 664. The van der Waals surface area contributed by atoms with Gasteiger partial charge >= 0.3 is 0 Å². The van der Waals surface area contributed by atoms with Crippen LogP contribution in [0.25, 0.3) is 11.4 Å². The molecule has 0 radical (unpaired) electrons. The fourth-order valence-electron chi connectivity index (χ4n) is 2.26. The molecule has 0 spiro atoms. The zero-order chi connectivity index (χ0) is 14.5. The Morgan fingerprint density at radius 3 is 2.81 bits per heavy atom. The summed E-state index contributed by atoms with van der Waals surface area (Å²) in [6.07, 6.45) is 0.689. The topological polar surface area (TPSA) is 51.0 Å². The monoisotopic (exact) mass is 299 g/mol. The van der Waals surface area contributed by atoms with Crippen molar-refractivity contribution in [2.45, 2.75) is 19.4 Å². The highest BCUT2D eigenvalue weighted by Crippen LogP contribution is 2.21. The van der Waals surface area contributed by atoms with Crippen LogP contribution in [0.1, 0.15) is 24.4 Å². The molecule has 1 N–H and O–H groups in total. The first-order valence-corrected chi connectivity index (χ1v) is 7.94. The maximum absolute atomic E-state index is 5.39. The molecule has 0 aliphatic rings. The minimum absolute atomic E-state index is 0.187. The van der Waals surface area contributed by atoms with Gasteiger partial charge in [-0.25, -0.2) is 0 Å². The van der Waals surface area contributed by atoms with E-state index in [2.05, 4.69) is 34.5 Å². The van der Waals surface area contributed by atoms with Crippen molar-refractivity contribution >= 4 is 11.3 Å². The highest BCUT2D eigenvalue weighted by atomic mass is 32.1. The van der Waals surface area contributed by atoms with E-state index in [1.165, 1.54) is 5.56 Å².